The van der Waals surface area contributed by atoms with Crippen molar-refractivity contribution in [1.29, 1.82) is 0 Å². The van der Waals surface area contributed by atoms with E-state index in [0.717, 1.165) is 33.2 Å². The van der Waals surface area contributed by atoms with E-state index in [2.05, 4.69) is 10.2 Å². The van der Waals surface area contributed by atoms with E-state index in [4.69, 9.17) is 13.6 Å². The van der Waals surface area contributed by atoms with Crippen molar-refractivity contribution in [2.75, 3.05) is 0 Å². The van der Waals surface area contributed by atoms with Gasteiger partial charge in [-0.15, -0.1) is 10.2 Å². The highest BCUT2D eigenvalue weighted by Gasteiger charge is 2.14. The van der Waals surface area contributed by atoms with E-state index in [1.165, 1.54) is 0 Å². The zero-order valence-electron chi connectivity index (χ0n) is 15.1. The average Bonchev–Trinajstić information content (AvgIpc) is 3.27. The Balaban J connectivity index is 1.39. The molecule has 0 spiro atoms. The summed E-state index contributed by atoms with van der Waals surface area (Å²) in [7, 11) is 0. The van der Waals surface area contributed by atoms with Gasteiger partial charge in [0.05, 0.1) is 12.7 Å². The van der Waals surface area contributed by atoms with Crippen LogP contribution in [0.3, 0.4) is 0 Å². The maximum Gasteiger partial charge on any atom is 0.310 e. The smallest absolute Gasteiger partial charge is 0.310 e. The van der Waals surface area contributed by atoms with Crippen LogP contribution in [0, 0.1) is 13.8 Å². The number of esters is 1. The summed E-state index contributed by atoms with van der Waals surface area (Å²) in [4.78, 5) is 12.2. The van der Waals surface area contributed by atoms with E-state index in [-0.39, 0.29) is 24.9 Å². The minimum atomic E-state index is -0.381. The van der Waals surface area contributed by atoms with Crippen LogP contribution in [-0.2, 0) is 22.6 Å². The first-order valence-corrected chi connectivity index (χ1v) is 8.60. The van der Waals surface area contributed by atoms with Crippen LogP contribution in [0.5, 0.6) is 0 Å². The fraction of sp³-hybridized carbons (Fsp3) is 0.190. The number of fused-ring (bicyclic) bond motifs is 1. The van der Waals surface area contributed by atoms with E-state index in [0.29, 0.717) is 5.89 Å². The fourth-order valence-corrected chi connectivity index (χ4v) is 2.88. The molecule has 6 nitrogen and oxygen atoms in total. The molecule has 0 amide bonds. The minimum Gasteiger partial charge on any atom is -0.464 e. The number of hydrogen-bond donors (Lipinski definition) is 0. The standard InChI is InChI=1S/C21H18N2O4/c1-13-4-3-5-15(8-13)21-23-22-19(27-21)12-26-20(24)10-16-11-25-18-9-14(2)6-7-17(16)18/h3-9,11H,10,12H2,1-2H3. The fourth-order valence-electron chi connectivity index (χ4n) is 2.88. The average molecular weight is 362 g/mol. The highest BCUT2D eigenvalue weighted by atomic mass is 16.5. The lowest BCUT2D eigenvalue weighted by Crippen LogP contribution is -2.07. The normalized spacial score (nSPS) is 11.0. The molecule has 27 heavy (non-hydrogen) atoms. The van der Waals surface area contributed by atoms with Gasteiger partial charge in [0.1, 0.15) is 5.58 Å². The molecule has 4 aromatic rings. The van der Waals surface area contributed by atoms with Gasteiger partial charge in [0.25, 0.3) is 5.89 Å². The van der Waals surface area contributed by atoms with Crippen LogP contribution in [0.15, 0.2) is 57.6 Å². The predicted molar refractivity (Wildman–Crippen MR) is 98.9 cm³/mol. The lowest BCUT2D eigenvalue weighted by atomic mass is 10.1. The van der Waals surface area contributed by atoms with Crippen molar-refractivity contribution in [2.24, 2.45) is 0 Å². The van der Waals surface area contributed by atoms with Gasteiger partial charge in [-0.05, 0) is 37.6 Å². The molecule has 0 bridgehead atoms. The molecule has 2 heterocycles. The van der Waals surface area contributed by atoms with Gasteiger partial charge in [-0.25, -0.2) is 0 Å². The largest absolute Gasteiger partial charge is 0.464 e. The Labute approximate surface area is 155 Å². The van der Waals surface area contributed by atoms with Gasteiger partial charge in [0.15, 0.2) is 6.61 Å². The van der Waals surface area contributed by atoms with E-state index in [9.17, 15) is 4.79 Å². The van der Waals surface area contributed by atoms with Crippen molar-refractivity contribution >= 4 is 16.9 Å². The SMILES string of the molecule is Cc1cccc(-c2nnc(COC(=O)Cc3coc4cc(C)ccc34)o2)c1. The van der Waals surface area contributed by atoms with Crippen molar-refractivity contribution in [1.82, 2.24) is 10.2 Å². The monoisotopic (exact) mass is 362 g/mol. The highest BCUT2D eigenvalue weighted by molar-refractivity contribution is 5.86. The topological polar surface area (TPSA) is 78.4 Å². The molecule has 0 aliphatic rings. The van der Waals surface area contributed by atoms with Crippen LogP contribution in [-0.4, -0.2) is 16.2 Å². The second-order valence-electron chi connectivity index (χ2n) is 6.47. The third-order valence-corrected chi connectivity index (χ3v) is 4.23. The summed E-state index contributed by atoms with van der Waals surface area (Å²) in [5.74, 6) is 0.280. The van der Waals surface area contributed by atoms with E-state index in [1.54, 1.807) is 6.26 Å². The third-order valence-electron chi connectivity index (χ3n) is 4.23. The lowest BCUT2D eigenvalue weighted by Gasteiger charge is -2.01. The Morgan fingerprint density at radius 2 is 1.93 bits per heavy atom. The Bertz CT molecular complexity index is 1110. The summed E-state index contributed by atoms with van der Waals surface area (Å²) in [5, 5.41) is 8.86. The highest BCUT2D eigenvalue weighted by Crippen LogP contribution is 2.23. The summed E-state index contributed by atoms with van der Waals surface area (Å²) in [5.41, 5.74) is 4.59. The van der Waals surface area contributed by atoms with Crippen molar-refractivity contribution in [3.05, 3.63) is 71.3 Å². The van der Waals surface area contributed by atoms with Crippen LogP contribution >= 0.6 is 0 Å². The zero-order valence-corrected chi connectivity index (χ0v) is 15.1. The molecule has 4 rings (SSSR count). The molecule has 0 aliphatic heterocycles. The summed E-state index contributed by atoms with van der Waals surface area (Å²) >= 11 is 0. The first-order chi connectivity index (χ1) is 13.1. The van der Waals surface area contributed by atoms with Crippen LogP contribution in [0.25, 0.3) is 22.4 Å². The molecule has 0 N–H and O–H groups in total. The van der Waals surface area contributed by atoms with Crippen molar-refractivity contribution in [3.8, 4) is 11.5 Å². The zero-order chi connectivity index (χ0) is 18.8. The minimum absolute atomic E-state index is 0.0630. The second kappa shape index (κ2) is 7.07. The second-order valence-corrected chi connectivity index (χ2v) is 6.47. The summed E-state index contributed by atoms with van der Waals surface area (Å²) in [6.45, 7) is 3.92. The molecule has 0 atom stereocenters. The maximum absolute atomic E-state index is 12.2. The number of hydrogen-bond acceptors (Lipinski definition) is 6. The number of nitrogens with zero attached hydrogens (tertiary/aromatic N) is 2. The molecule has 6 heteroatoms. The number of ether oxygens (including phenoxy) is 1. The Morgan fingerprint density at radius 3 is 2.78 bits per heavy atom. The molecular formula is C21H18N2O4. The van der Waals surface area contributed by atoms with Crippen LogP contribution in [0.4, 0.5) is 0 Å². The summed E-state index contributed by atoms with van der Waals surface area (Å²) in [6.07, 6.45) is 1.71. The van der Waals surface area contributed by atoms with Gasteiger partial charge < -0.3 is 13.6 Å². The molecule has 0 radical (unpaired) electrons. The number of aromatic nitrogens is 2. The lowest BCUT2D eigenvalue weighted by molar-refractivity contribution is -0.144. The molecule has 2 aromatic carbocycles. The molecular weight excluding hydrogens is 344 g/mol. The molecule has 2 aromatic heterocycles. The van der Waals surface area contributed by atoms with E-state index in [1.807, 2.05) is 56.3 Å². The summed E-state index contributed by atoms with van der Waals surface area (Å²) < 4.78 is 16.4. The van der Waals surface area contributed by atoms with Crippen molar-refractivity contribution in [2.45, 2.75) is 26.9 Å². The Kier molecular flexibility index (Phi) is 4.46. The van der Waals surface area contributed by atoms with Gasteiger partial charge in [-0.3, -0.25) is 4.79 Å². The van der Waals surface area contributed by atoms with Crippen LogP contribution < -0.4 is 0 Å². The number of rotatable bonds is 5. The predicted octanol–water partition coefficient (Wildman–Crippen LogP) is 4.39. The number of carbonyl (C=O) groups excluding carboxylic acids is 1. The van der Waals surface area contributed by atoms with Gasteiger partial charge in [0, 0.05) is 16.5 Å². The molecule has 0 saturated heterocycles. The molecule has 0 fully saturated rings. The Hall–Kier alpha value is -3.41. The maximum atomic E-state index is 12.2. The molecule has 136 valence electrons. The summed E-state index contributed by atoms with van der Waals surface area (Å²) in [6, 6.07) is 13.6. The molecule has 0 saturated carbocycles. The number of furan rings is 1. The first kappa shape index (κ1) is 17.0. The quantitative estimate of drug-likeness (QED) is 0.490. The van der Waals surface area contributed by atoms with Crippen LogP contribution in [0.2, 0.25) is 0 Å². The van der Waals surface area contributed by atoms with Crippen molar-refractivity contribution in [3.63, 3.8) is 0 Å². The third kappa shape index (κ3) is 3.74. The van der Waals surface area contributed by atoms with Gasteiger partial charge in [-0.2, -0.15) is 0 Å². The van der Waals surface area contributed by atoms with Crippen LogP contribution in [0.1, 0.15) is 22.6 Å². The first-order valence-electron chi connectivity index (χ1n) is 8.60. The van der Waals surface area contributed by atoms with E-state index < -0.39 is 0 Å². The number of benzene rings is 2. The van der Waals surface area contributed by atoms with Gasteiger partial charge >= 0.3 is 5.97 Å². The van der Waals surface area contributed by atoms with Crippen molar-refractivity contribution < 1.29 is 18.4 Å². The number of carbonyl (C=O) groups is 1. The van der Waals surface area contributed by atoms with Gasteiger partial charge in [0.2, 0.25) is 5.89 Å². The molecule has 0 unspecified atom stereocenters. The van der Waals surface area contributed by atoms with E-state index >= 15 is 0 Å². The van der Waals surface area contributed by atoms with Gasteiger partial charge in [-0.1, -0.05) is 29.8 Å². The Morgan fingerprint density at radius 1 is 1.07 bits per heavy atom. The molecule has 0 aliphatic carbocycles. The number of aryl methyl sites for hydroxylation is 2.